The van der Waals surface area contributed by atoms with E-state index in [0.717, 1.165) is 12.8 Å². The van der Waals surface area contributed by atoms with E-state index in [1.807, 2.05) is 0 Å². The van der Waals surface area contributed by atoms with Crippen LogP contribution in [-0.4, -0.2) is 26.6 Å². The van der Waals surface area contributed by atoms with Crippen molar-refractivity contribution in [2.45, 2.75) is 24.2 Å². The van der Waals surface area contributed by atoms with Crippen LogP contribution in [0.1, 0.15) is 19.3 Å². The molecule has 1 amide bonds. The van der Waals surface area contributed by atoms with Crippen LogP contribution < -0.4 is 15.8 Å². The average molecular weight is 374 g/mol. The number of ether oxygens (including phenoxy) is 1. The molecule has 0 bridgehead atoms. The van der Waals surface area contributed by atoms with Crippen LogP contribution in [0.3, 0.4) is 0 Å². The van der Waals surface area contributed by atoms with Crippen LogP contribution in [0.15, 0.2) is 53.4 Å². The lowest BCUT2D eigenvalue weighted by atomic mass is 10.3. The van der Waals surface area contributed by atoms with Gasteiger partial charge >= 0.3 is 0 Å². The van der Waals surface area contributed by atoms with Gasteiger partial charge in [-0.2, -0.15) is 0 Å². The van der Waals surface area contributed by atoms with E-state index in [9.17, 15) is 13.2 Å². The maximum atomic E-state index is 12.2. The van der Waals surface area contributed by atoms with Gasteiger partial charge in [-0.25, -0.2) is 8.42 Å². The molecule has 7 heteroatoms. The number of carbonyl (C=O) groups is 1. The Morgan fingerprint density at radius 1 is 1.04 bits per heavy atom. The maximum absolute atomic E-state index is 12.2. The monoisotopic (exact) mass is 374 g/mol. The summed E-state index contributed by atoms with van der Waals surface area (Å²) in [5.41, 5.74) is 6.00. The molecule has 0 heterocycles. The summed E-state index contributed by atoms with van der Waals surface area (Å²) in [5, 5.41) is 2.74. The summed E-state index contributed by atoms with van der Waals surface area (Å²) in [6, 6.07) is 13.4. The van der Waals surface area contributed by atoms with Crippen molar-refractivity contribution in [2.24, 2.45) is 11.7 Å². The Bertz CT molecular complexity index is 857. The zero-order valence-electron chi connectivity index (χ0n) is 14.4. The molecule has 138 valence electrons. The first-order valence-corrected chi connectivity index (χ1v) is 10.2. The molecule has 0 radical (unpaired) electrons. The van der Waals surface area contributed by atoms with Gasteiger partial charge in [0.2, 0.25) is 5.91 Å². The van der Waals surface area contributed by atoms with Gasteiger partial charge in [-0.15, -0.1) is 0 Å². The van der Waals surface area contributed by atoms with Crippen LogP contribution in [0, 0.1) is 5.92 Å². The fraction of sp³-hybridized carbons (Fsp3) is 0.316. The van der Waals surface area contributed by atoms with Crippen molar-refractivity contribution in [3.05, 3.63) is 48.5 Å². The lowest BCUT2D eigenvalue weighted by Gasteiger charge is -2.09. The molecule has 0 atom stereocenters. The van der Waals surface area contributed by atoms with Gasteiger partial charge in [-0.05, 0) is 67.3 Å². The second-order valence-corrected chi connectivity index (χ2v) is 8.44. The Morgan fingerprint density at radius 2 is 1.62 bits per heavy atom. The Hall–Kier alpha value is -2.38. The molecule has 0 aromatic heterocycles. The van der Waals surface area contributed by atoms with Crippen LogP contribution in [0.4, 0.5) is 5.69 Å². The minimum atomic E-state index is -3.21. The van der Waals surface area contributed by atoms with E-state index in [1.54, 1.807) is 48.5 Å². The third-order valence-electron chi connectivity index (χ3n) is 4.08. The third-order valence-corrected chi connectivity index (χ3v) is 5.98. The van der Waals surface area contributed by atoms with Gasteiger partial charge < -0.3 is 15.8 Å². The quantitative estimate of drug-likeness (QED) is 0.740. The van der Waals surface area contributed by atoms with Crippen molar-refractivity contribution >= 4 is 21.4 Å². The molecule has 1 aliphatic carbocycles. The first-order valence-electron chi connectivity index (χ1n) is 8.57. The van der Waals surface area contributed by atoms with Crippen LogP contribution in [0.25, 0.3) is 0 Å². The highest BCUT2D eigenvalue weighted by Crippen LogP contribution is 2.33. The maximum Gasteiger partial charge on any atom is 0.225 e. The number of sulfone groups is 1. The molecule has 2 aromatic carbocycles. The Kier molecular flexibility index (Phi) is 5.58. The number of hydrogen-bond donors (Lipinski definition) is 2. The predicted molar refractivity (Wildman–Crippen MR) is 100 cm³/mol. The molecular weight excluding hydrogens is 352 g/mol. The predicted octanol–water partition coefficient (Wildman–Crippen LogP) is 2.95. The lowest BCUT2D eigenvalue weighted by Crippen LogP contribution is -2.15. The number of hydrogen-bond acceptors (Lipinski definition) is 5. The van der Waals surface area contributed by atoms with Gasteiger partial charge in [0, 0.05) is 18.7 Å². The van der Waals surface area contributed by atoms with Gasteiger partial charge in [-0.3, -0.25) is 4.79 Å². The number of benzene rings is 2. The van der Waals surface area contributed by atoms with Gasteiger partial charge in [0.25, 0.3) is 0 Å². The largest absolute Gasteiger partial charge is 0.457 e. The summed E-state index contributed by atoms with van der Waals surface area (Å²) in [6.45, 7) is 0.305. The number of anilines is 1. The van der Waals surface area contributed by atoms with Gasteiger partial charge in [0.05, 0.1) is 10.6 Å². The molecule has 3 N–H and O–H groups in total. The topological polar surface area (TPSA) is 98.5 Å². The molecule has 0 spiro atoms. The fourth-order valence-corrected chi connectivity index (χ4v) is 4.20. The van der Waals surface area contributed by atoms with Crippen LogP contribution >= 0.6 is 0 Å². The van der Waals surface area contributed by atoms with E-state index < -0.39 is 9.84 Å². The van der Waals surface area contributed by atoms with Crippen LogP contribution in [0.5, 0.6) is 11.5 Å². The van der Waals surface area contributed by atoms with Crippen molar-refractivity contribution in [1.29, 1.82) is 0 Å². The normalized spacial score (nSPS) is 14.0. The highest BCUT2D eigenvalue weighted by molar-refractivity contribution is 7.91. The van der Waals surface area contributed by atoms with Crippen LogP contribution in [0.2, 0.25) is 0 Å². The number of amides is 1. The summed E-state index contributed by atoms with van der Waals surface area (Å²) in [7, 11) is -3.21. The van der Waals surface area contributed by atoms with E-state index in [2.05, 4.69) is 5.32 Å². The Balaban J connectivity index is 1.61. The molecule has 0 aliphatic heterocycles. The zero-order chi connectivity index (χ0) is 18.6. The van der Waals surface area contributed by atoms with Crippen LogP contribution in [-0.2, 0) is 14.6 Å². The zero-order valence-corrected chi connectivity index (χ0v) is 15.2. The fourth-order valence-electron chi connectivity index (χ4n) is 2.50. The van der Waals surface area contributed by atoms with E-state index >= 15 is 0 Å². The minimum absolute atomic E-state index is 0.135. The standard InChI is InChI=1S/C19H22N2O4S/c20-12-11-19(22)21-15-3-5-16(6-4-15)25-17-7-9-18(10-8-17)26(23,24)13-14-1-2-14/h3-10,14H,1-2,11-13,20H2,(H,21,22). The first-order chi connectivity index (χ1) is 12.5. The average Bonchev–Trinajstić information content (AvgIpc) is 3.41. The highest BCUT2D eigenvalue weighted by Gasteiger charge is 2.28. The molecule has 2 aromatic rings. The second kappa shape index (κ2) is 7.88. The molecule has 1 aliphatic rings. The van der Waals surface area contributed by atoms with E-state index in [-0.39, 0.29) is 18.1 Å². The summed E-state index contributed by atoms with van der Waals surface area (Å²) in [4.78, 5) is 11.8. The molecule has 1 saturated carbocycles. The van der Waals surface area contributed by atoms with E-state index in [4.69, 9.17) is 10.5 Å². The second-order valence-electron chi connectivity index (χ2n) is 6.41. The summed E-state index contributed by atoms with van der Waals surface area (Å²) < 4.78 is 30.2. The molecule has 6 nitrogen and oxygen atoms in total. The number of rotatable bonds is 8. The summed E-state index contributed by atoms with van der Waals surface area (Å²) in [5.74, 6) is 1.56. The van der Waals surface area contributed by atoms with E-state index in [0.29, 0.717) is 34.5 Å². The summed E-state index contributed by atoms with van der Waals surface area (Å²) in [6.07, 6.45) is 2.28. The molecule has 1 fully saturated rings. The first kappa shape index (κ1) is 18.4. The summed E-state index contributed by atoms with van der Waals surface area (Å²) >= 11 is 0. The van der Waals surface area contributed by atoms with Gasteiger partial charge in [0.1, 0.15) is 11.5 Å². The molecule has 26 heavy (non-hydrogen) atoms. The van der Waals surface area contributed by atoms with Crippen molar-refractivity contribution in [3.63, 3.8) is 0 Å². The Labute approximate surface area is 153 Å². The Morgan fingerprint density at radius 3 is 2.15 bits per heavy atom. The van der Waals surface area contributed by atoms with Crippen molar-refractivity contribution < 1.29 is 17.9 Å². The van der Waals surface area contributed by atoms with Crippen molar-refractivity contribution in [1.82, 2.24) is 0 Å². The lowest BCUT2D eigenvalue weighted by molar-refractivity contribution is -0.116. The third kappa shape index (κ3) is 5.06. The molecular formula is C19H22N2O4S. The number of nitrogens with two attached hydrogens (primary N) is 1. The SMILES string of the molecule is NCCC(=O)Nc1ccc(Oc2ccc(S(=O)(=O)CC3CC3)cc2)cc1. The van der Waals surface area contributed by atoms with Gasteiger partial charge in [0.15, 0.2) is 9.84 Å². The minimum Gasteiger partial charge on any atom is -0.457 e. The molecule has 3 rings (SSSR count). The number of carbonyl (C=O) groups excluding carboxylic acids is 1. The smallest absolute Gasteiger partial charge is 0.225 e. The van der Waals surface area contributed by atoms with Crippen molar-refractivity contribution in [2.75, 3.05) is 17.6 Å². The number of nitrogens with one attached hydrogen (secondary N) is 1. The highest BCUT2D eigenvalue weighted by atomic mass is 32.2. The molecule has 0 unspecified atom stereocenters. The molecule has 0 saturated heterocycles. The van der Waals surface area contributed by atoms with Crippen molar-refractivity contribution in [3.8, 4) is 11.5 Å². The van der Waals surface area contributed by atoms with E-state index in [1.165, 1.54) is 0 Å². The van der Waals surface area contributed by atoms with Gasteiger partial charge in [-0.1, -0.05) is 0 Å².